The number of fused-ring (bicyclic) bond motifs is 5. The Labute approximate surface area is 377 Å². The van der Waals surface area contributed by atoms with Crippen molar-refractivity contribution in [3.63, 3.8) is 0 Å². The summed E-state index contributed by atoms with van der Waals surface area (Å²) in [6.45, 7) is 4.50. The van der Waals surface area contributed by atoms with Crippen LogP contribution in [0.4, 0.5) is 0 Å². The van der Waals surface area contributed by atoms with Gasteiger partial charge in [-0.3, -0.25) is 28.8 Å². The number of nitrogens with two attached hydrogens (primary N) is 1. The normalized spacial score (nSPS) is 17.2. The molecule has 0 spiro atoms. The van der Waals surface area contributed by atoms with Crippen molar-refractivity contribution in [2.24, 2.45) is 5.73 Å². The Morgan fingerprint density at radius 3 is 1.92 bits per heavy atom. The van der Waals surface area contributed by atoms with Crippen LogP contribution in [0.15, 0.2) is 36.4 Å². The van der Waals surface area contributed by atoms with Crippen molar-refractivity contribution in [1.82, 2.24) is 31.1 Å². The first-order valence-electron chi connectivity index (χ1n) is 22.8. The van der Waals surface area contributed by atoms with Gasteiger partial charge in [0.2, 0.25) is 35.4 Å². The number of likely N-dealkylation sites (N-methyl/N-ethyl adjacent to an activating group) is 2. The van der Waals surface area contributed by atoms with E-state index in [0.717, 1.165) is 24.2 Å². The van der Waals surface area contributed by atoms with Crippen LogP contribution < -0.4 is 27.0 Å². The maximum atomic E-state index is 13.9. The molecule has 0 aliphatic carbocycles. The lowest BCUT2D eigenvalue weighted by Gasteiger charge is -2.30. The molecule has 0 fully saturated rings. The number of rotatable bonds is 24. The highest BCUT2D eigenvalue weighted by molar-refractivity contribution is 5.96. The summed E-state index contributed by atoms with van der Waals surface area (Å²) in [5, 5.41) is 41.5. The van der Waals surface area contributed by atoms with E-state index in [9.17, 15) is 48.9 Å². The van der Waals surface area contributed by atoms with Crippen LogP contribution in [0.5, 0.6) is 11.5 Å². The zero-order valence-corrected chi connectivity index (χ0v) is 38.2. The van der Waals surface area contributed by atoms with E-state index in [2.05, 4.69) is 28.2 Å². The number of phenols is 2. The van der Waals surface area contributed by atoms with Crippen LogP contribution >= 0.6 is 0 Å². The number of nitrogens with one attached hydrogen (secondary N) is 4. The van der Waals surface area contributed by atoms with Gasteiger partial charge in [-0.15, -0.1) is 0 Å². The molecule has 0 saturated heterocycles. The first-order chi connectivity index (χ1) is 30.5. The summed E-state index contributed by atoms with van der Waals surface area (Å²) < 4.78 is 0. The number of hydrogen-bond donors (Lipinski definition) is 8. The molecule has 2 aromatic carbocycles. The highest BCUT2D eigenvalue weighted by Crippen LogP contribution is 2.38. The van der Waals surface area contributed by atoms with Gasteiger partial charge in [-0.1, -0.05) is 96.1 Å². The second-order valence-electron chi connectivity index (χ2n) is 16.9. The molecule has 0 aromatic heterocycles. The molecule has 1 aliphatic heterocycles. The molecule has 17 nitrogen and oxygen atoms in total. The highest BCUT2D eigenvalue weighted by Gasteiger charge is 2.34. The minimum atomic E-state index is -1.45. The smallest absolute Gasteiger partial charge is 0.326 e. The largest absolute Gasteiger partial charge is 0.507 e. The molecule has 17 heteroatoms. The molecular formula is C47H71N7O10. The van der Waals surface area contributed by atoms with E-state index in [1.807, 2.05) is 0 Å². The van der Waals surface area contributed by atoms with Crippen molar-refractivity contribution in [2.75, 3.05) is 27.2 Å². The van der Waals surface area contributed by atoms with E-state index in [-0.39, 0.29) is 59.9 Å². The Morgan fingerprint density at radius 1 is 0.781 bits per heavy atom. The van der Waals surface area contributed by atoms with Crippen molar-refractivity contribution in [1.29, 1.82) is 0 Å². The van der Waals surface area contributed by atoms with Crippen molar-refractivity contribution in [2.45, 2.75) is 154 Å². The lowest BCUT2D eigenvalue weighted by atomic mass is 9.94. The van der Waals surface area contributed by atoms with Gasteiger partial charge in [-0.2, -0.15) is 0 Å². The molecule has 4 bridgehead atoms. The number of nitrogens with zero attached hydrogens (tertiary/aromatic N) is 2. The molecule has 64 heavy (non-hydrogen) atoms. The summed E-state index contributed by atoms with van der Waals surface area (Å²) in [6, 6.07) is 2.14. The number of benzene rings is 2. The predicted octanol–water partition coefficient (Wildman–Crippen LogP) is 4.17. The van der Waals surface area contributed by atoms with Crippen LogP contribution in [0.2, 0.25) is 0 Å². The molecule has 1 aliphatic rings. The molecule has 5 atom stereocenters. The number of aliphatic carboxylic acids is 1. The zero-order chi connectivity index (χ0) is 47.3. The van der Waals surface area contributed by atoms with E-state index < -0.39 is 72.3 Å². The summed E-state index contributed by atoms with van der Waals surface area (Å²) in [7, 11) is 2.84. The third-order valence-electron chi connectivity index (χ3n) is 11.8. The van der Waals surface area contributed by atoms with E-state index in [1.165, 1.54) is 120 Å². The quantitative estimate of drug-likeness (QED) is 0.0694. The fourth-order valence-corrected chi connectivity index (χ4v) is 7.77. The molecule has 1 heterocycles. The summed E-state index contributed by atoms with van der Waals surface area (Å²) >= 11 is 0. The molecule has 3 rings (SSSR count). The van der Waals surface area contributed by atoms with Crippen LogP contribution in [0, 0.1) is 0 Å². The first kappa shape index (κ1) is 52.6. The second-order valence-corrected chi connectivity index (χ2v) is 16.9. The number of amides is 6. The second kappa shape index (κ2) is 26.8. The highest BCUT2D eigenvalue weighted by atomic mass is 16.4. The first-order valence-corrected chi connectivity index (χ1v) is 22.8. The minimum absolute atomic E-state index is 0.0780. The Kier molecular flexibility index (Phi) is 22.0. The van der Waals surface area contributed by atoms with Crippen molar-refractivity contribution in [3.8, 4) is 22.6 Å². The van der Waals surface area contributed by atoms with Gasteiger partial charge in [0.25, 0.3) is 0 Å². The minimum Gasteiger partial charge on any atom is -0.507 e. The van der Waals surface area contributed by atoms with Crippen molar-refractivity contribution < 1.29 is 48.9 Å². The van der Waals surface area contributed by atoms with Crippen molar-refractivity contribution >= 4 is 41.4 Å². The monoisotopic (exact) mass is 894 g/mol. The summed E-state index contributed by atoms with van der Waals surface area (Å²) in [6.07, 6.45) is 15.6. The fourth-order valence-electron chi connectivity index (χ4n) is 7.77. The van der Waals surface area contributed by atoms with Crippen LogP contribution in [-0.4, -0.2) is 118 Å². The Morgan fingerprint density at radius 2 is 1.34 bits per heavy atom. The maximum absolute atomic E-state index is 13.9. The van der Waals surface area contributed by atoms with E-state index in [1.54, 1.807) is 7.05 Å². The summed E-state index contributed by atoms with van der Waals surface area (Å²) in [5.41, 5.74) is 6.58. The van der Waals surface area contributed by atoms with Gasteiger partial charge in [0, 0.05) is 38.1 Å². The topological polar surface area (TPSA) is 261 Å². The van der Waals surface area contributed by atoms with E-state index in [4.69, 9.17) is 5.73 Å². The van der Waals surface area contributed by atoms with Crippen LogP contribution in [0.1, 0.15) is 134 Å². The van der Waals surface area contributed by atoms with Crippen LogP contribution in [-0.2, 0) is 40.0 Å². The Balaban J connectivity index is 1.62. The number of carbonyl (C=O) groups is 7. The number of phenolic OH excluding ortho intramolecular Hbond substituents is 2. The van der Waals surface area contributed by atoms with Gasteiger partial charge in [0.05, 0.1) is 6.54 Å². The number of hydrogen-bond acceptors (Lipinski definition) is 10. The summed E-state index contributed by atoms with van der Waals surface area (Å²) in [5.74, 6) is -5.80. The maximum Gasteiger partial charge on any atom is 0.326 e. The third kappa shape index (κ3) is 16.1. The van der Waals surface area contributed by atoms with Gasteiger partial charge >= 0.3 is 5.97 Å². The standard InChI is InChI=1S/C47H71N7O10/c1-6-7-8-9-10-11-12-13-14-15-16-17-18-19-40(57)53(4)37(24-25-48)45(61)50-30(2)43(59)49-29-41(58)54(5)42-33-21-23-39(56)35(28-33)34-26-32(20-22-38(34)55)27-36(47(63)64)52-44(60)31(3)51-46(42)62/h20-23,26,28,30-31,36-37,42,55-56H,6-19,24-25,27,29,48H2,1-5H3,(H,49,59)(H,50,61)(H,51,62)(H,52,60)(H,63,64)/t30-,31+,36+,37-,42+/m1/s1. The average molecular weight is 894 g/mol. The Bertz CT molecular complexity index is 1910. The number of carboxylic acid groups (broad SMARTS) is 1. The van der Waals surface area contributed by atoms with Gasteiger partial charge in [0.1, 0.15) is 41.7 Å². The Hall–Kier alpha value is -5.71. The lowest BCUT2D eigenvalue weighted by molar-refractivity contribution is -0.143. The lowest BCUT2D eigenvalue weighted by Crippen LogP contribution is -2.55. The predicted molar refractivity (Wildman–Crippen MR) is 243 cm³/mol. The van der Waals surface area contributed by atoms with Crippen LogP contribution in [0.3, 0.4) is 0 Å². The molecular weight excluding hydrogens is 823 g/mol. The molecule has 6 amide bonds. The molecule has 2 aromatic rings. The number of carbonyl (C=O) groups excluding carboxylic acids is 6. The van der Waals surface area contributed by atoms with Crippen molar-refractivity contribution in [3.05, 3.63) is 47.5 Å². The third-order valence-corrected chi connectivity index (χ3v) is 11.8. The van der Waals surface area contributed by atoms with E-state index in [0.29, 0.717) is 12.0 Å². The van der Waals surface area contributed by atoms with Gasteiger partial charge in [-0.05, 0) is 68.6 Å². The van der Waals surface area contributed by atoms with Gasteiger partial charge < -0.3 is 52.1 Å². The summed E-state index contributed by atoms with van der Waals surface area (Å²) in [4.78, 5) is 94.9. The molecule has 0 radical (unpaired) electrons. The SMILES string of the molecule is CCCCCCCCCCCCCCCC(=O)N(C)[C@H](CCN)C(=O)N[C@H](C)C(=O)NCC(=O)N(C)[C@@H]1C(=O)N[C@@H](C)C(=O)N[C@H](C(=O)O)Cc2ccc(O)c(c2)-c2cc1ccc2O. The zero-order valence-electron chi connectivity index (χ0n) is 38.2. The average Bonchev–Trinajstić information content (AvgIpc) is 3.26. The number of unbranched alkanes of at least 4 members (excludes halogenated alkanes) is 12. The fraction of sp³-hybridized carbons (Fsp3) is 0.596. The molecule has 0 unspecified atom stereocenters. The van der Waals surface area contributed by atoms with Gasteiger partial charge in [0.15, 0.2) is 0 Å². The molecule has 9 N–H and O–H groups in total. The number of carboxylic acids is 1. The number of aromatic hydroxyl groups is 2. The van der Waals surface area contributed by atoms with Crippen LogP contribution in [0.25, 0.3) is 11.1 Å². The molecule has 0 saturated carbocycles. The van der Waals surface area contributed by atoms with Gasteiger partial charge in [-0.25, -0.2) is 4.79 Å². The van der Waals surface area contributed by atoms with E-state index >= 15 is 0 Å². The molecule has 354 valence electrons.